The zero-order valence-corrected chi connectivity index (χ0v) is 16.0. The average Bonchev–Trinajstić information content (AvgIpc) is 2.73. The van der Waals surface area contributed by atoms with Crippen molar-refractivity contribution in [3.8, 4) is 17.1 Å². The molecule has 28 heavy (non-hydrogen) atoms. The predicted octanol–water partition coefficient (Wildman–Crippen LogP) is 2.73. The molecule has 1 aromatic carbocycles. The Kier molecular flexibility index (Phi) is 6.94. The van der Waals surface area contributed by atoms with E-state index in [0.29, 0.717) is 24.6 Å². The molecule has 2 heterocycles. The molecule has 3 rings (SSSR count). The average molecular weight is 382 g/mol. The predicted molar refractivity (Wildman–Crippen MR) is 107 cm³/mol. The number of aryl methyl sites for hydroxylation is 1. The van der Waals surface area contributed by atoms with Crippen molar-refractivity contribution >= 4 is 5.91 Å². The molecule has 0 bridgehead atoms. The van der Waals surface area contributed by atoms with Crippen LogP contribution in [0.5, 0.6) is 5.75 Å². The van der Waals surface area contributed by atoms with Gasteiger partial charge in [0.2, 0.25) is 5.91 Å². The van der Waals surface area contributed by atoms with Crippen molar-refractivity contribution in [1.82, 2.24) is 20.1 Å². The highest BCUT2D eigenvalue weighted by Crippen LogP contribution is 2.20. The molecule has 0 aliphatic carbocycles. The van der Waals surface area contributed by atoms with E-state index in [0.717, 1.165) is 37.9 Å². The molecular formula is C21H26N4O3. The normalized spacial score (nSPS) is 13.9. The van der Waals surface area contributed by atoms with Crippen LogP contribution >= 0.6 is 0 Å². The number of H-pyrrole nitrogens is 1. The summed E-state index contributed by atoms with van der Waals surface area (Å²) in [5.41, 5.74) is 0.693. The molecule has 0 atom stereocenters. The van der Waals surface area contributed by atoms with E-state index in [4.69, 9.17) is 4.74 Å². The number of hydrogen-bond acceptors (Lipinski definition) is 5. The van der Waals surface area contributed by atoms with Crippen molar-refractivity contribution in [2.24, 2.45) is 0 Å². The molecule has 1 saturated heterocycles. The van der Waals surface area contributed by atoms with Gasteiger partial charge in [-0.1, -0.05) is 18.2 Å². The Morgan fingerprint density at radius 3 is 2.82 bits per heavy atom. The second kappa shape index (κ2) is 9.82. The summed E-state index contributed by atoms with van der Waals surface area (Å²) >= 11 is 0. The number of aromatic amines is 1. The summed E-state index contributed by atoms with van der Waals surface area (Å²) in [6.45, 7) is 5.83. The largest absolute Gasteiger partial charge is 0.493 e. The molecule has 1 fully saturated rings. The van der Waals surface area contributed by atoms with Crippen molar-refractivity contribution in [1.29, 1.82) is 0 Å². The summed E-state index contributed by atoms with van der Waals surface area (Å²) in [6, 6.07) is 7.32. The number of carbonyl (C=O) groups is 1. The maximum absolute atomic E-state index is 12.4. The molecule has 1 aliphatic heterocycles. The van der Waals surface area contributed by atoms with Crippen LogP contribution < -0.4 is 10.3 Å². The number of nitrogens with one attached hydrogen (secondary N) is 1. The molecule has 0 saturated carbocycles. The van der Waals surface area contributed by atoms with Crippen molar-refractivity contribution in [2.45, 2.75) is 38.5 Å². The van der Waals surface area contributed by atoms with Gasteiger partial charge in [-0.2, -0.15) is 0 Å². The number of carbonyl (C=O) groups excluding carboxylic acids is 1. The van der Waals surface area contributed by atoms with E-state index in [1.54, 1.807) is 6.08 Å². The summed E-state index contributed by atoms with van der Waals surface area (Å²) in [4.78, 5) is 29.3. The fraction of sp³-hybridized carbons (Fsp3) is 0.429. The van der Waals surface area contributed by atoms with Crippen LogP contribution in [0.2, 0.25) is 0 Å². The van der Waals surface area contributed by atoms with E-state index >= 15 is 0 Å². The number of likely N-dealkylation sites (tertiary alicyclic amines) is 1. The third kappa shape index (κ3) is 5.28. The highest BCUT2D eigenvalue weighted by Gasteiger charge is 2.17. The van der Waals surface area contributed by atoms with Gasteiger partial charge in [0.15, 0.2) is 5.82 Å². The van der Waals surface area contributed by atoms with Gasteiger partial charge in [-0.05, 0) is 37.8 Å². The van der Waals surface area contributed by atoms with Crippen molar-refractivity contribution in [2.75, 3.05) is 19.7 Å². The Labute approximate surface area is 164 Å². The number of ether oxygens (including phenoxy) is 1. The van der Waals surface area contributed by atoms with Gasteiger partial charge in [0.05, 0.1) is 6.61 Å². The molecule has 0 radical (unpaired) electrons. The first-order valence-electron chi connectivity index (χ1n) is 9.75. The lowest BCUT2D eigenvalue weighted by atomic mass is 10.1. The maximum atomic E-state index is 12.4. The van der Waals surface area contributed by atoms with E-state index in [1.807, 2.05) is 29.2 Å². The minimum Gasteiger partial charge on any atom is -0.493 e. The third-order valence-corrected chi connectivity index (χ3v) is 4.75. The van der Waals surface area contributed by atoms with Crippen LogP contribution in [0.15, 0.2) is 41.7 Å². The second-order valence-corrected chi connectivity index (χ2v) is 6.84. The van der Waals surface area contributed by atoms with Crippen LogP contribution in [-0.2, 0) is 11.2 Å². The van der Waals surface area contributed by atoms with E-state index in [2.05, 4.69) is 21.8 Å². The molecular weight excluding hydrogens is 356 g/mol. The van der Waals surface area contributed by atoms with Crippen molar-refractivity contribution < 1.29 is 9.53 Å². The van der Waals surface area contributed by atoms with E-state index in [9.17, 15) is 9.59 Å². The van der Waals surface area contributed by atoms with Gasteiger partial charge in [0.1, 0.15) is 11.4 Å². The molecule has 1 aliphatic rings. The van der Waals surface area contributed by atoms with E-state index in [1.165, 1.54) is 6.42 Å². The monoisotopic (exact) mass is 382 g/mol. The number of aromatic nitrogens is 3. The topological polar surface area (TPSA) is 88.2 Å². The lowest BCUT2D eigenvalue weighted by molar-refractivity contribution is -0.132. The SMILES string of the molecule is C=CCCOc1cccc(-c2nnc(CCC(=O)N3CCCCC3)c(=O)[nH]2)c1. The maximum Gasteiger partial charge on any atom is 0.273 e. The Bertz CT molecular complexity index is 872. The fourth-order valence-electron chi connectivity index (χ4n) is 3.17. The van der Waals surface area contributed by atoms with Crippen LogP contribution in [0.1, 0.15) is 37.8 Å². The van der Waals surface area contributed by atoms with E-state index < -0.39 is 0 Å². The van der Waals surface area contributed by atoms with Crippen LogP contribution in [0.4, 0.5) is 0 Å². The van der Waals surface area contributed by atoms with Gasteiger partial charge in [0, 0.05) is 31.5 Å². The summed E-state index contributed by atoms with van der Waals surface area (Å²) in [6.07, 6.45) is 6.41. The molecule has 1 N–H and O–H groups in total. The quantitative estimate of drug-likeness (QED) is 0.560. The van der Waals surface area contributed by atoms with Crippen LogP contribution in [0, 0.1) is 0 Å². The molecule has 148 valence electrons. The second-order valence-electron chi connectivity index (χ2n) is 6.84. The zero-order valence-electron chi connectivity index (χ0n) is 16.0. The Morgan fingerprint density at radius 1 is 1.25 bits per heavy atom. The lowest BCUT2D eigenvalue weighted by Crippen LogP contribution is -2.36. The molecule has 1 amide bonds. The van der Waals surface area contributed by atoms with Crippen molar-refractivity contribution in [3.05, 3.63) is 53.0 Å². The molecule has 0 spiro atoms. The van der Waals surface area contributed by atoms with E-state index in [-0.39, 0.29) is 23.6 Å². The number of benzene rings is 1. The highest BCUT2D eigenvalue weighted by atomic mass is 16.5. The fourth-order valence-corrected chi connectivity index (χ4v) is 3.17. The Balaban J connectivity index is 1.63. The first-order chi connectivity index (χ1) is 13.7. The van der Waals surface area contributed by atoms with Crippen LogP contribution in [0.3, 0.4) is 0 Å². The molecule has 2 aromatic rings. The van der Waals surface area contributed by atoms with Gasteiger partial charge in [0.25, 0.3) is 5.56 Å². The Morgan fingerprint density at radius 2 is 2.07 bits per heavy atom. The number of piperidine rings is 1. The first kappa shape index (κ1) is 19.8. The minimum absolute atomic E-state index is 0.0781. The number of rotatable bonds is 8. The van der Waals surface area contributed by atoms with Crippen LogP contribution in [-0.4, -0.2) is 45.7 Å². The molecule has 7 nitrogen and oxygen atoms in total. The molecule has 7 heteroatoms. The summed E-state index contributed by atoms with van der Waals surface area (Å²) in [7, 11) is 0. The summed E-state index contributed by atoms with van der Waals surface area (Å²) in [5, 5.41) is 8.19. The van der Waals surface area contributed by atoms with Gasteiger partial charge < -0.3 is 14.6 Å². The van der Waals surface area contributed by atoms with Gasteiger partial charge in [-0.3, -0.25) is 9.59 Å². The standard InChI is InChI=1S/C21H26N4O3/c1-2-3-14-28-17-9-7-8-16(15-17)20-22-21(27)18(23-24-20)10-11-19(26)25-12-5-4-6-13-25/h2,7-9,15H,1,3-6,10-14H2,(H,22,24,27). The first-order valence-corrected chi connectivity index (χ1v) is 9.75. The van der Waals surface area contributed by atoms with Gasteiger partial charge >= 0.3 is 0 Å². The number of nitrogens with zero attached hydrogens (tertiary/aromatic N) is 3. The lowest BCUT2D eigenvalue weighted by Gasteiger charge is -2.26. The number of amides is 1. The van der Waals surface area contributed by atoms with Crippen LogP contribution in [0.25, 0.3) is 11.4 Å². The smallest absolute Gasteiger partial charge is 0.273 e. The number of hydrogen-bond donors (Lipinski definition) is 1. The van der Waals surface area contributed by atoms with Gasteiger partial charge in [-0.25, -0.2) is 0 Å². The van der Waals surface area contributed by atoms with Crippen molar-refractivity contribution in [3.63, 3.8) is 0 Å². The summed E-state index contributed by atoms with van der Waals surface area (Å²) < 4.78 is 5.63. The molecule has 0 unspecified atom stereocenters. The third-order valence-electron chi connectivity index (χ3n) is 4.75. The minimum atomic E-state index is -0.311. The van der Waals surface area contributed by atoms with Gasteiger partial charge in [-0.15, -0.1) is 16.8 Å². The Hall–Kier alpha value is -2.96. The molecule has 1 aromatic heterocycles. The zero-order chi connectivity index (χ0) is 19.8. The highest BCUT2D eigenvalue weighted by molar-refractivity contribution is 5.76. The summed E-state index contributed by atoms with van der Waals surface area (Å²) in [5.74, 6) is 1.15.